The van der Waals surface area contributed by atoms with Gasteiger partial charge in [0, 0.05) is 31.7 Å². The van der Waals surface area contributed by atoms with Gasteiger partial charge in [0.15, 0.2) is 11.5 Å². The number of rotatable bonds is 7. The van der Waals surface area contributed by atoms with Crippen LogP contribution in [0.1, 0.15) is 18.4 Å². The molecule has 2 N–H and O–H groups in total. The highest BCUT2D eigenvalue weighted by atomic mass is 16.5. The lowest BCUT2D eigenvalue weighted by Gasteiger charge is -2.38. The van der Waals surface area contributed by atoms with Gasteiger partial charge in [-0.2, -0.15) is 0 Å². The molecule has 2 aromatic rings. The molecule has 146 valence electrons. The second-order valence-electron chi connectivity index (χ2n) is 6.96. The molecule has 1 aromatic carbocycles. The number of benzene rings is 1. The molecule has 1 aromatic heterocycles. The summed E-state index contributed by atoms with van der Waals surface area (Å²) in [6.45, 7) is 2.95. The summed E-state index contributed by atoms with van der Waals surface area (Å²) in [5.41, 5.74) is 7.05. The molecule has 1 saturated heterocycles. The van der Waals surface area contributed by atoms with Gasteiger partial charge >= 0.3 is 0 Å². The monoisotopic (exact) mass is 371 g/mol. The first-order valence-corrected chi connectivity index (χ1v) is 9.34. The van der Waals surface area contributed by atoms with Crippen molar-refractivity contribution in [3.05, 3.63) is 36.2 Å². The standard InChI is InChI=1S/C20H29N5O2/c1-24(10-8-15-6-7-17(26-2)18(11-15)27-3)16-5-4-9-25(13-16)20-12-19(21)22-14-23-20/h6-7,11-12,14,16H,4-5,8-10,13H2,1-3H3,(H2,21,22,23). The zero-order valence-corrected chi connectivity index (χ0v) is 16.4. The van der Waals surface area contributed by atoms with Crippen molar-refractivity contribution in [2.75, 3.05) is 51.5 Å². The summed E-state index contributed by atoms with van der Waals surface area (Å²) in [7, 11) is 5.53. The third-order valence-corrected chi connectivity index (χ3v) is 5.22. The Balaban J connectivity index is 1.58. The van der Waals surface area contributed by atoms with E-state index in [9.17, 15) is 0 Å². The zero-order chi connectivity index (χ0) is 19.2. The number of nitrogens with zero attached hydrogens (tertiary/aromatic N) is 4. The minimum absolute atomic E-state index is 0.495. The average Bonchev–Trinajstić information content (AvgIpc) is 2.71. The summed E-state index contributed by atoms with van der Waals surface area (Å²) in [6.07, 6.45) is 4.84. The second kappa shape index (κ2) is 8.90. The fraction of sp³-hybridized carbons (Fsp3) is 0.500. The summed E-state index contributed by atoms with van der Waals surface area (Å²) in [5.74, 6) is 2.98. The van der Waals surface area contributed by atoms with Crippen molar-refractivity contribution in [3.63, 3.8) is 0 Å². The molecule has 0 bridgehead atoms. The van der Waals surface area contributed by atoms with Crippen molar-refractivity contribution in [1.29, 1.82) is 0 Å². The van der Waals surface area contributed by atoms with Gasteiger partial charge in [-0.3, -0.25) is 0 Å². The molecular formula is C20H29N5O2. The Morgan fingerprint density at radius 2 is 2.00 bits per heavy atom. The van der Waals surface area contributed by atoms with Crippen molar-refractivity contribution < 1.29 is 9.47 Å². The van der Waals surface area contributed by atoms with E-state index in [4.69, 9.17) is 15.2 Å². The van der Waals surface area contributed by atoms with Gasteiger partial charge < -0.3 is 25.0 Å². The first-order valence-electron chi connectivity index (χ1n) is 9.34. The molecule has 3 rings (SSSR count). The van der Waals surface area contributed by atoms with Crippen LogP contribution in [0.5, 0.6) is 11.5 Å². The highest BCUT2D eigenvalue weighted by Crippen LogP contribution is 2.28. The van der Waals surface area contributed by atoms with E-state index in [0.29, 0.717) is 11.9 Å². The number of hydrogen-bond donors (Lipinski definition) is 1. The van der Waals surface area contributed by atoms with E-state index in [-0.39, 0.29) is 0 Å². The molecule has 7 nitrogen and oxygen atoms in total. The fourth-order valence-electron chi connectivity index (χ4n) is 3.58. The van der Waals surface area contributed by atoms with E-state index in [1.807, 2.05) is 12.1 Å². The molecule has 0 spiro atoms. The molecule has 2 heterocycles. The van der Waals surface area contributed by atoms with Gasteiger partial charge in [-0.05, 0) is 44.0 Å². The molecule has 27 heavy (non-hydrogen) atoms. The van der Waals surface area contributed by atoms with E-state index < -0.39 is 0 Å². The van der Waals surface area contributed by atoms with Gasteiger partial charge in [-0.25, -0.2) is 9.97 Å². The smallest absolute Gasteiger partial charge is 0.160 e. The molecule has 1 unspecified atom stereocenters. The predicted molar refractivity (Wildman–Crippen MR) is 108 cm³/mol. The van der Waals surface area contributed by atoms with E-state index >= 15 is 0 Å². The molecule has 0 saturated carbocycles. The summed E-state index contributed by atoms with van der Waals surface area (Å²) in [4.78, 5) is 13.1. The van der Waals surface area contributed by atoms with Crippen LogP contribution in [0, 0.1) is 0 Å². The van der Waals surface area contributed by atoms with Crippen LogP contribution in [-0.4, -0.2) is 61.8 Å². The minimum Gasteiger partial charge on any atom is -0.493 e. The Labute approximate surface area is 161 Å². The van der Waals surface area contributed by atoms with Crippen LogP contribution in [-0.2, 0) is 6.42 Å². The number of hydrogen-bond acceptors (Lipinski definition) is 7. The summed E-state index contributed by atoms with van der Waals surface area (Å²) in [5, 5.41) is 0. The lowest BCUT2D eigenvalue weighted by atomic mass is 10.0. The van der Waals surface area contributed by atoms with Gasteiger partial charge in [0.1, 0.15) is 18.0 Å². The number of nitrogen functional groups attached to an aromatic ring is 1. The van der Waals surface area contributed by atoms with Crippen LogP contribution in [0.3, 0.4) is 0 Å². The van der Waals surface area contributed by atoms with Crippen molar-refractivity contribution in [2.24, 2.45) is 0 Å². The van der Waals surface area contributed by atoms with Gasteiger partial charge in [-0.1, -0.05) is 6.07 Å². The van der Waals surface area contributed by atoms with Crippen LogP contribution < -0.4 is 20.1 Å². The Hall–Kier alpha value is -2.54. The number of aromatic nitrogens is 2. The van der Waals surface area contributed by atoms with Crippen molar-refractivity contribution in [3.8, 4) is 11.5 Å². The highest BCUT2D eigenvalue weighted by Gasteiger charge is 2.24. The van der Waals surface area contributed by atoms with Crippen LogP contribution in [0.4, 0.5) is 11.6 Å². The van der Waals surface area contributed by atoms with Crippen LogP contribution in [0.25, 0.3) is 0 Å². The maximum absolute atomic E-state index is 5.81. The third-order valence-electron chi connectivity index (χ3n) is 5.22. The van der Waals surface area contributed by atoms with Crippen molar-refractivity contribution >= 4 is 11.6 Å². The minimum atomic E-state index is 0.495. The van der Waals surface area contributed by atoms with Gasteiger partial charge in [0.25, 0.3) is 0 Å². The van der Waals surface area contributed by atoms with Gasteiger partial charge in [-0.15, -0.1) is 0 Å². The van der Waals surface area contributed by atoms with E-state index in [1.165, 1.54) is 18.3 Å². The lowest BCUT2D eigenvalue weighted by Crippen LogP contribution is -2.47. The topological polar surface area (TPSA) is 76.7 Å². The Bertz CT molecular complexity index is 755. The molecule has 1 aliphatic heterocycles. The molecule has 1 aliphatic rings. The van der Waals surface area contributed by atoms with Gasteiger partial charge in [0.2, 0.25) is 0 Å². The predicted octanol–water partition coefficient (Wildman–Crippen LogP) is 2.22. The average molecular weight is 371 g/mol. The largest absolute Gasteiger partial charge is 0.493 e. The first kappa shape index (κ1) is 19.2. The number of methoxy groups -OCH3 is 2. The van der Waals surface area contributed by atoms with E-state index in [2.05, 4.69) is 38.9 Å². The fourth-order valence-corrected chi connectivity index (χ4v) is 3.58. The van der Waals surface area contributed by atoms with Crippen LogP contribution in [0.15, 0.2) is 30.6 Å². The normalized spacial score (nSPS) is 17.2. The number of piperidine rings is 1. The van der Waals surface area contributed by atoms with Crippen molar-refractivity contribution in [2.45, 2.75) is 25.3 Å². The summed E-state index contributed by atoms with van der Waals surface area (Å²) < 4.78 is 10.7. The second-order valence-corrected chi connectivity index (χ2v) is 6.96. The Morgan fingerprint density at radius 1 is 1.19 bits per heavy atom. The molecular weight excluding hydrogens is 342 g/mol. The Morgan fingerprint density at radius 3 is 2.74 bits per heavy atom. The maximum Gasteiger partial charge on any atom is 0.160 e. The molecule has 1 atom stereocenters. The Kier molecular flexibility index (Phi) is 6.34. The summed E-state index contributed by atoms with van der Waals surface area (Å²) >= 11 is 0. The zero-order valence-electron chi connectivity index (χ0n) is 16.4. The van der Waals surface area contributed by atoms with Crippen molar-refractivity contribution in [1.82, 2.24) is 14.9 Å². The first-order chi connectivity index (χ1) is 13.1. The quantitative estimate of drug-likeness (QED) is 0.800. The van der Waals surface area contributed by atoms with E-state index in [1.54, 1.807) is 14.2 Å². The third kappa shape index (κ3) is 4.80. The maximum atomic E-state index is 5.81. The number of anilines is 2. The van der Waals surface area contributed by atoms with Crippen LogP contribution in [0.2, 0.25) is 0 Å². The van der Waals surface area contributed by atoms with E-state index in [0.717, 1.165) is 49.8 Å². The molecule has 0 amide bonds. The lowest BCUT2D eigenvalue weighted by molar-refractivity contribution is 0.217. The van der Waals surface area contributed by atoms with Gasteiger partial charge in [0.05, 0.1) is 14.2 Å². The number of ether oxygens (including phenoxy) is 2. The molecule has 7 heteroatoms. The van der Waals surface area contributed by atoms with Crippen LogP contribution >= 0.6 is 0 Å². The molecule has 0 radical (unpaired) electrons. The number of nitrogens with two attached hydrogens (primary N) is 1. The molecule has 0 aliphatic carbocycles. The molecule has 1 fully saturated rings. The SMILES string of the molecule is COc1ccc(CCN(C)C2CCCN(c3cc(N)ncn3)C2)cc1OC. The summed E-state index contributed by atoms with van der Waals surface area (Å²) in [6, 6.07) is 8.48. The highest BCUT2D eigenvalue weighted by molar-refractivity contribution is 5.46. The number of likely N-dealkylation sites (N-methyl/N-ethyl adjacent to an activating group) is 1.